The summed E-state index contributed by atoms with van der Waals surface area (Å²) in [5.74, 6) is -0.814. The van der Waals surface area contributed by atoms with Crippen molar-refractivity contribution in [1.82, 2.24) is 4.72 Å². The number of hydrogen-bond acceptors (Lipinski definition) is 4. The minimum absolute atomic E-state index is 0.271. The molecule has 1 amide bonds. The van der Waals surface area contributed by atoms with Crippen LogP contribution in [0.3, 0.4) is 0 Å². The highest BCUT2D eigenvalue weighted by molar-refractivity contribution is 7.91. The topological polar surface area (TPSA) is 89.3 Å². The lowest BCUT2D eigenvalue weighted by Crippen LogP contribution is -2.42. The van der Waals surface area contributed by atoms with Gasteiger partial charge in [-0.25, -0.2) is 13.1 Å². The molecule has 0 aliphatic heterocycles. The van der Waals surface area contributed by atoms with E-state index in [1.807, 2.05) is 0 Å². The van der Waals surface area contributed by atoms with Gasteiger partial charge in [0.2, 0.25) is 15.9 Å². The van der Waals surface area contributed by atoms with Crippen molar-refractivity contribution in [3.63, 3.8) is 0 Å². The largest absolute Gasteiger partial charge is 0.369 e. The summed E-state index contributed by atoms with van der Waals surface area (Å²) in [5.41, 5.74) is 5.25. The Balaban J connectivity index is 2.14. The van der Waals surface area contributed by atoms with Crippen molar-refractivity contribution in [2.45, 2.75) is 29.5 Å². The van der Waals surface area contributed by atoms with Gasteiger partial charge in [0, 0.05) is 6.04 Å². The summed E-state index contributed by atoms with van der Waals surface area (Å²) in [6.07, 6.45) is 2.15. The normalized spacial score (nSPS) is 24.9. The Hall–Kier alpha value is -0.920. The van der Waals surface area contributed by atoms with E-state index in [2.05, 4.69) is 4.72 Å². The quantitative estimate of drug-likeness (QED) is 0.846. The van der Waals surface area contributed by atoms with Crippen LogP contribution in [0.2, 0.25) is 0 Å². The van der Waals surface area contributed by atoms with Gasteiger partial charge >= 0.3 is 0 Å². The predicted molar refractivity (Wildman–Crippen MR) is 65.0 cm³/mol. The summed E-state index contributed by atoms with van der Waals surface area (Å²) in [6, 6.07) is 2.86. The highest BCUT2D eigenvalue weighted by Crippen LogP contribution is 2.27. The third kappa shape index (κ3) is 2.67. The van der Waals surface area contributed by atoms with Gasteiger partial charge in [-0.2, -0.15) is 0 Å². The van der Waals surface area contributed by atoms with Crippen LogP contribution in [-0.4, -0.2) is 20.4 Å². The van der Waals surface area contributed by atoms with Gasteiger partial charge in [-0.15, -0.1) is 11.3 Å². The Bertz CT molecular complexity index is 496. The van der Waals surface area contributed by atoms with E-state index in [4.69, 9.17) is 5.73 Å². The molecule has 1 aliphatic carbocycles. The Kier molecular flexibility index (Phi) is 3.50. The average Bonchev–Trinajstić information content (AvgIpc) is 2.85. The number of primary amides is 1. The number of carbonyl (C=O) groups is 1. The van der Waals surface area contributed by atoms with Gasteiger partial charge < -0.3 is 5.73 Å². The molecule has 0 saturated heterocycles. The summed E-state index contributed by atoms with van der Waals surface area (Å²) < 4.78 is 26.8. The van der Waals surface area contributed by atoms with Crippen LogP contribution in [0.25, 0.3) is 0 Å². The fourth-order valence-electron chi connectivity index (χ4n) is 2.12. The first kappa shape index (κ1) is 12.5. The third-order valence-electron chi connectivity index (χ3n) is 2.95. The molecule has 0 aromatic carbocycles. The first-order valence-corrected chi connectivity index (χ1v) is 7.72. The Morgan fingerprint density at radius 1 is 1.47 bits per heavy atom. The molecular weight excluding hydrogens is 260 g/mol. The fraction of sp³-hybridized carbons (Fsp3) is 0.500. The van der Waals surface area contributed by atoms with E-state index in [0.717, 1.165) is 17.8 Å². The zero-order chi connectivity index (χ0) is 12.5. The number of sulfonamides is 1. The van der Waals surface area contributed by atoms with Crippen LogP contribution in [-0.2, 0) is 14.8 Å². The molecule has 1 aliphatic rings. The molecule has 0 radical (unpaired) electrons. The zero-order valence-corrected chi connectivity index (χ0v) is 10.8. The summed E-state index contributed by atoms with van der Waals surface area (Å²) in [7, 11) is -3.51. The second-order valence-corrected chi connectivity index (χ2v) is 6.99. The number of thiophene rings is 1. The molecule has 1 aromatic rings. The van der Waals surface area contributed by atoms with Gasteiger partial charge in [0.25, 0.3) is 0 Å². The van der Waals surface area contributed by atoms with Crippen molar-refractivity contribution in [3.8, 4) is 0 Å². The molecule has 1 fully saturated rings. The minimum atomic E-state index is -3.51. The number of carbonyl (C=O) groups excluding carboxylic acids is 1. The second-order valence-electron chi connectivity index (χ2n) is 4.10. The van der Waals surface area contributed by atoms with E-state index in [0.29, 0.717) is 12.8 Å². The van der Waals surface area contributed by atoms with E-state index in [9.17, 15) is 13.2 Å². The van der Waals surface area contributed by atoms with Crippen LogP contribution in [0.5, 0.6) is 0 Å². The summed E-state index contributed by atoms with van der Waals surface area (Å²) in [6.45, 7) is 0. The summed E-state index contributed by atoms with van der Waals surface area (Å²) in [4.78, 5) is 11.2. The first-order valence-electron chi connectivity index (χ1n) is 5.36. The molecule has 7 heteroatoms. The lowest BCUT2D eigenvalue weighted by Gasteiger charge is -2.17. The van der Waals surface area contributed by atoms with E-state index >= 15 is 0 Å². The highest BCUT2D eigenvalue weighted by atomic mass is 32.2. The zero-order valence-electron chi connectivity index (χ0n) is 9.13. The van der Waals surface area contributed by atoms with E-state index in [1.54, 1.807) is 17.5 Å². The van der Waals surface area contributed by atoms with Crippen LogP contribution in [0.4, 0.5) is 0 Å². The van der Waals surface area contributed by atoms with Crippen LogP contribution >= 0.6 is 11.3 Å². The molecular formula is C10H14N2O3S2. The molecule has 0 unspecified atom stereocenters. The molecule has 1 heterocycles. The first-order chi connectivity index (χ1) is 8.00. The van der Waals surface area contributed by atoms with Crippen molar-refractivity contribution < 1.29 is 13.2 Å². The smallest absolute Gasteiger partial charge is 0.250 e. The molecule has 17 heavy (non-hydrogen) atoms. The lowest BCUT2D eigenvalue weighted by atomic mass is 10.0. The van der Waals surface area contributed by atoms with Crippen molar-refractivity contribution in [3.05, 3.63) is 17.5 Å². The predicted octanol–water partition coefficient (Wildman–Crippen LogP) is 0.680. The third-order valence-corrected chi connectivity index (χ3v) is 5.84. The van der Waals surface area contributed by atoms with Crippen LogP contribution in [0.15, 0.2) is 21.7 Å². The highest BCUT2D eigenvalue weighted by Gasteiger charge is 2.34. The maximum atomic E-state index is 12.0. The van der Waals surface area contributed by atoms with Gasteiger partial charge in [0.1, 0.15) is 4.21 Å². The van der Waals surface area contributed by atoms with Gasteiger partial charge in [0.05, 0.1) is 5.92 Å². The van der Waals surface area contributed by atoms with Crippen LogP contribution in [0, 0.1) is 5.92 Å². The van der Waals surface area contributed by atoms with Crippen molar-refractivity contribution in [1.29, 1.82) is 0 Å². The van der Waals surface area contributed by atoms with Crippen LogP contribution in [0.1, 0.15) is 19.3 Å². The summed E-state index contributed by atoms with van der Waals surface area (Å²) in [5, 5.41) is 1.70. The molecule has 1 saturated carbocycles. The van der Waals surface area contributed by atoms with Gasteiger partial charge in [-0.1, -0.05) is 12.5 Å². The Labute approximate surface area is 104 Å². The van der Waals surface area contributed by atoms with Crippen molar-refractivity contribution in [2.75, 3.05) is 0 Å². The second kappa shape index (κ2) is 4.75. The average molecular weight is 274 g/mol. The summed E-state index contributed by atoms with van der Waals surface area (Å²) >= 11 is 1.16. The van der Waals surface area contributed by atoms with Crippen LogP contribution < -0.4 is 10.5 Å². The molecule has 0 spiro atoms. The fourth-order valence-corrected chi connectivity index (χ4v) is 4.44. The maximum Gasteiger partial charge on any atom is 0.250 e. The molecule has 1 aromatic heterocycles. The van der Waals surface area contributed by atoms with E-state index < -0.39 is 15.9 Å². The van der Waals surface area contributed by atoms with Crippen molar-refractivity contribution >= 4 is 27.3 Å². The number of nitrogens with two attached hydrogens (primary N) is 1. The number of hydrogen-bond donors (Lipinski definition) is 2. The minimum Gasteiger partial charge on any atom is -0.369 e. The van der Waals surface area contributed by atoms with Gasteiger partial charge in [0.15, 0.2) is 0 Å². The molecule has 2 rings (SSSR count). The van der Waals surface area contributed by atoms with E-state index in [1.165, 1.54) is 0 Å². The van der Waals surface area contributed by atoms with E-state index in [-0.39, 0.29) is 16.2 Å². The molecule has 94 valence electrons. The molecule has 3 N–H and O–H groups in total. The molecule has 0 bridgehead atoms. The van der Waals surface area contributed by atoms with Gasteiger partial charge in [-0.05, 0) is 24.3 Å². The Morgan fingerprint density at radius 2 is 2.24 bits per heavy atom. The molecule has 2 atom stereocenters. The number of nitrogens with one attached hydrogen (secondary N) is 1. The Morgan fingerprint density at radius 3 is 2.82 bits per heavy atom. The standard InChI is InChI=1S/C10H14N2O3S2/c11-10(13)7-3-1-4-8(7)12-17(14,15)9-5-2-6-16-9/h2,5-8,12H,1,3-4H2,(H2,11,13)/t7-,8+/m0/s1. The maximum absolute atomic E-state index is 12.0. The number of rotatable bonds is 4. The SMILES string of the molecule is NC(=O)[C@H]1CCC[C@H]1NS(=O)(=O)c1cccs1. The van der Waals surface area contributed by atoms with Crippen molar-refractivity contribution in [2.24, 2.45) is 11.7 Å². The van der Waals surface area contributed by atoms with Gasteiger partial charge in [-0.3, -0.25) is 4.79 Å². The molecule has 5 nitrogen and oxygen atoms in total. The number of amides is 1. The lowest BCUT2D eigenvalue weighted by molar-refractivity contribution is -0.122. The monoisotopic (exact) mass is 274 g/mol.